The van der Waals surface area contributed by atoms with Crippen molar-refractivity contribution in [2.24, 2.45) is 17.8 Å². The number of nitrogens with zero attached hydrogens (tertiary/aromatic N) is 3. The molecule has 3 aliphatic heterocycles. The molecule has 0 aromatic heterocycles. The van der Waals surface area contributed by atoms with Crippen molar-refractivity contribution in [2.75, 3.05) is 31.6 Å². The molecule has 8 nitrogen and oxygen atoms in total. The van der Waals surface area contributed by atoms with E-state index in [0.717, 1.165) is 16.8 Å². The van der Waals surface area contributed by atoms with E-state index in [-0.39, 0.29) is 30.2 Å². The summed E-state index contributed by atoms with van der Waals surface area (Å²) in [5, 5.41) is 10.8. The van der Waals surface area contributed by atoms with Crippen molar-refractivity contribution in [1.82, 2.24) is 9.80 Å². The summed E-state index contributed by atoms with van der Waals surface area (Å²) in [6.45, 7) is 15.7. The maximum Gasteiger partial charge on any atom is 0.253 e. The fraction of sp³-hybridized carbons (Fsp3) is 0.457. The van der Waals surface area contributed by atoms with Crippen LogP contribution in [0.15, 0.2) is 73.8 Å². The van der Waals surface area contributed by atoms with Gasteiger partial charge in [-0.1, -0.05) is 61.5 Å². The van der Waals surface area contributed by atoms with Crippen LogP contribution in [0.2, 0.25) is 0 Å². The molecule has 1 spiro atoms. The lowest BCUT2D eigenvalue weighted by atomic mass is 9.62. The van der Waals surface area contributed by atoms with Gasteiger partial charge in [-0.05, 0) is 55.9 Å². The van der Waals surface area contributed by atoms with Crippen molar-refractivity contribution in [3.05, 3.63) is 90.5 Å². The number of fused-ring (bicyclic) bond motifs is 1. The van der Waals surface area contributed by atoms with Gasteiger partial charge < -0.3 is 24.5 Å². The van der Waals surface area contributed by atoms with Crippen LogP contribution in [0.5, 0.6) is 0 Å². The normalized spacial score (nSPS) is 29.7. The molecule has 8 heteroatoms. The maximum absolute atomic E-state index is 15.1. The van der Waals surface area contributed by atoms with E-state index in [1.807, 2.05) is 76.2 Å². The first-order valence-corrected chi connectivity index (χ1v) is 15.0. The third-order valence-electron chi connectivity index (χ3n) is 9.96. The van der Waals surface area contributed by atoms with E-state index < -0.39 is 41.7 Å². The van der Waals surface area contributed by atoms with Crippen molar-refractivity contribution in [3.63, 3.8) is 0 Å². The molecule has 3 unspecified atom stereocenters. The SMILES string of the molecule is C=CCN(C)C(=O)[C@@H]1[C@H]2C(=O)N([C@H](CO)c3ccccc3)C(C(=O)N(CC=C)c3cc(C)ccc3C)C23CC(C)[C@@]1(C)O3. The highest BCUT2D eigenvalue weighted by Crippen LogP contribution is 2.66. The third kappa shape index (κ3) is 4.62. The second kappa shape index (κ2) is 11.4. The fourth-order valence-electron chi connectivity index (χ4n) is 7.81. The van der Waals surface area contributed by atoms with Gasteiger partial charge in [0.2, 0.25) is 11.8 Å². The molecular formula is C35H43N3O5. The summed E-state index contributed by atoms with van der Waals surface area (Å²) < 4.78 is 6.94. The molecule has 3 fully saturated rings. The molecule has 0 radical (unpaired) electrons. The van der Waals surface area contributed by atoms with Gasteiger partial charge in [-0.2, -0.15) is 0 Å². The molecule has 3 amide bonds. The maximum atomic E-state index is 15.1. The molecule has 2 bridgehead atoms. The second-order valence-electron chi connectivity index (χ2n) is 12.6. The highest BCUT2D eigenvalue weighted by molar-refractivity contribution is 6.05. The van der Waals surface area contributed by atoms with Gasteiger partial charge >= 0.3 is 0 Å². The fourth-order valence-corrected chi connectivity index (χ4v) is 7.81. The summed E-state index contributed by atoms with van der Waals surface area (Å²) in [5.41, 5.74) is 1.13. The average Bonchev–Trinajstić information content (AvgIpc) is 3.50. The number of carbonyl (C=O) groups is 3. The van der Waals surface area contributed by atoms with Gasteiger partial charge in [-0.3, -0.25) is 14.4 Å². The number of likely N-dealkylation sites (tertiary alicyclic amines) is 1. The summed E-state index contributed by atoms with van der Waals surface area (Å²) in [7, 11) is 1.70. The van der Waals surface area contributed by atoms with Gasteiger partial charge in [0.05, 0.1) is 30.1 Å². The van der Waals surface area contributed by atoms with Crippen molar-refractivity contribution in [2.45, 2.75) is 57.4 Å². The van der Waals surface area contributed by atoms with Crippen molar-refractivity contribution >= 4 is 23.4 Å². The van der Waals surface area contributed by atoms with Crippen LogP contribution in [0.1, 0.15) is 43.0 Å². The smallest absolute Gasteiger partial charge is 0.253 e. The molecule has 5 rings (SSSR count). The molecule has 2 aromatic carbocycles. The number of carbonyl (C=O) groups excluding carboxylic acids is 3. The van der Waals surface area contributed by atoms with Crippen molar-refractivity contribution < 1.29 is 24.2 Å². The van der Waals surface area contributed by atoms with E-state index in [4.69, 9.17) is 4.74 Å². The Morgan fingerprint density at radius 2 is 1.79 bits per heavy atom. The highest BCUT2D eigenvalue weighted by atomic mass is 16.5. The topological polar surface area (TPSA) is 90.4 Å². The summed E-state index contributed by atoms with van der Waals surface area (Å²) in [5.74, 6) is -2.65. The number of aryl methyl sites for hydroxylation is 2. The summed E-state index contributed by atoms with van der Waals surface area (Å²) in [6, 6.07) is 13.3. The average molecular weight is 586 g/mol. The minimum Gasteiger partial charge on any atom is -0.394 e. The number of aliphatic hydroxyl groups excluding tert-OH is 1. The van der Waals surface area contributed by atoms with Gasteiger partial charge in [0, 0.05) is 25.8 Å². The number of ether oxygens (including phenoxy) is 1. The molecular weight excluding hydrogens is 542 g/mol. The minimum atomic E-state index is -1.25. The molecule has 0 saturated carbocycles. The van der Waals surface area contributed by atoms with E-state index in [0.29, 0.717) is 18.5 Å². The number of amides is 3. The van der Waals surface area contributed by atoms with Crippen LogP contribution in [0.3, 0.4) is 0 Å². The van der Waals surface area contributed by atoms with Gasteiger partial charge in [0.1, 0.15) is 11.6 Å². The van der Waals surface area contributed by atoms with E-state index in [1.54, 1.807) is 29.0 Å². The summed E-state index contributed by atoms with van der Waals surface area (Å²) in [4.78, 5) is 48.7. The first-order chi connectivity index (χ1) is 20.5. The van der Waals surface area contributed by atoms with Crippen LogP contribution in [-0.2, 0) is 19.1 Å². The van der Waals surface area contributed by atoms with Gasteiger partial charge in [0.25, 0.3) is 5.91 Å². The predicted molar refractivity (Wildman–Crippen MR) is 166 cm³/mol. The quantitative estimate of drug-likeness (QED) is 0.422. The number of likely N-dealkylation sites (N-methyl/N-ethyl adjacent to an activating group) is 1. The third-order valence-corrected chi connectivity index (χ3v) is 9.96. The number of rotatable bonds is 10. The number of anilines is 1. The van der Waals surface area contributed by atoms with Gasteiger partial charge in [-0.25, -0.2) is 0 Å². The number of aliphatic hydroxyl groups is 1. The van der Waals surface area contributed by atoms with Crippen LogP contribution < -0.4 is 4.90 Å². The largest absolute Gasteiger partial charge is 0.394 e. The number of hydrogen-bond donors (Lipinski definition) is 1. The van der Waals surface area contributed by atoms with Crippen LogP contribution in [-0.4, -0.2) is 76.6 Å². The van der Waals surface area contributed by atoms with Crippen LogP contribution in [0, 0.1) is 31.6 Å². The summed E-state index contributed by atoms with van der Waals surface area (Å²) >= 11 is 0. The molecule has 228 valence electrons. The molecule has 3 saturated heterocycles. The van der Waals surface area contributed by atoms with Gasteiger partial charge in [0.15, 0.2) is 0 Å². The zero-order valence-electron chi connectivity index (χ0n) is 25.8. The Morgan fingerprint density at radius 3 is 2.42 bits per heavy atom. The Hall–Kier alpha value is -3.75. The Bertz CT molecular complexity index is 1440. The Morgan fingerprint density at radius 1 is 1.12 bits per heavy atom. The standard InChI is InChI=1S/C35H43N3O5/c1-8-17-36(7)31(40)28-29-32(41)38(27(21-39)25-13-11-10-12-14-25)30(35(29)20-24(5)34(28,6)43-35)33(42)37(18-9-2)26-19-22(3)15-16-23(26)4/h8-16,19,24,27-30,39H,1-2,17-18,20-21H2,3-7H3/t24?,27-,28+,29+,30?,34-,35?/m1/s1. The van der Waals surface area contributed by atoms with Crippen LogP contribution in [0.25, 0.3) is 0 Å². The lowest BCUT2D eigenvalue weighted by Gasteiger charge is -2.40. The molecule has 3 aliphatic rings. The summed E-state index contributed by atoms with van der Waals surface area (Å²) in [6.07, 6.45) is 3.75. The number of hydrogen-bond acceptors (Lipinski definition) is 5. The van der Waals surface area contributed by atoms with Crippen LogP contribution in [0.4, 0.5) is 5.69 Å². The van der Waals surface area contributed by atoms with E-state index in [1.165, 1.54) is 4.90 Å². The zero-order valence-corrected chi connectivity index (χ0v) is 25.8. The monoisotopic (exact) mass is 585 g/mol. The number of benzene rings is 2. The molecule has 43 heavy (non-hydrogen) atoms. The Labute approximate surface area is 254 Å². The Kier molecular flexibility index (Phi) is 8.13. The molecule has 2 aromatic rings. The highest BCUT2D eigenvalue weighted by Gasteiger charge is 2.80. The first kappa shape index (κ1) is 30.7. The molecule has 1 N–H and O–H groups in total. The van der Waals surface area contributed by atoms with E-state index in [2.05, 4.69) is 13.2 Å². The van der Waals surface area contributed by atoms with Crippen LogP contribution >= 0.6 is 0 Å². The predicted octanol–water partition coefficient (Wildman–Crippen LogP) is 4.21. The minimum absolute atomic E-state index is 0.101. The van der Waals surface area contributed by atoms with Crippen molar-refractivity contribution in [3.8, 4) is 0 Å². The molecule has 7 atom stereocenters. The molecule has 3 heterocycles. The van der Waals surface area contributed by atoms with E-state index in [9.17, 15) is 14.7 Å². The van der Waals surface area contributed by atoms with Crippen molar-refractivity contribution in [1.29, 1.82) is 0 Å². The second-order valence-corrected chi connectivity index (χ2v) is 12.6. The zero-order chi connectivity index (χ0) is 31.3. The van der Waals surface area contributed by atoms with Gasteiger partial charge in [-0.15, -0.1) is 13.2 Å². The lowest BCUT2D eigenvalue weighted by Crippen LogP contribution is -2.57. The molecule has 0 aliphatic carbocycles. The lowest BCUT2D eigenvalue weighted by molar-refractivity contribution is -0.153. The van der Waals surface area contributed by atoms with E-state index >= 15 is 4.79 Å². The Balaban J connectivity index is 1.72. The first-order valence-electron chi connectivity index (χ1n) is 15.0.